The highest BCUT2D eigenvalue weighted by Crippen LogP contribution is 2.35. The van der Waals surface area contributed by atoms with Crippen molar-refractivity contribution in [2.75, 3.05) is 37.7 Å². The molecule has 2 aliphatic rings. The number of benzene rings is 1. The Hall–Kier alpha value is -2.65. The van der Waals surface area contributed by atoms with Gasteiger partial charge in [0, 0.05) is 18.7 Å². The van der Waals surface area contributed by atoms with Crippen LogP contribution in [0.5, 0.6) is 0 Å². The van der Waals surface area contributed by atoms with Crippen LogP contribution in [0.1, 0.15) is 34.5 Å². The number of carbonyl (C=O) groups excluding carboxylic acids is 1. The lowest BCUT2D eigenvalue weighted by molar-refractivity contribution is -0.141. The summed E-state index contributed by atoms with van der Waals surface area (Å²) in [6, 6.07) is 11.2. The van der Waals surface area contributed by atoms with Crippen LogP contribution in [0.4, 0.5) is 19.0 Å². The van der Waals surface area contributed by atoms with Gasteiger partial charge in [-0.2, -0.15) is 13.2 Å². The zero-order chi connectivity index (χ0) is 22.8. The molecule has 0 radical (unpaired) electrons. The molecule has 172 valence electrons. The summed E-state index contributed by atoms with van der Waals surface area (Å²) in [5, 5.41) is 2.91. The highest BCUT2D eigenvalue weighted by atomic mass is 19.4. The third-order valence-corrected chi connectivity index (χ3v) is 5.84. The van der Waals surface area contributed by atoms with Crippen molar-refractivity contribution in [3.8, 4) is 0 Å². The van der Waals surface area contributed by atoms with Crippen LogP contribution in [-0.4, -0.2) is 55.4 Å². The lowest BCUT2D eigenvalue weighted by Gasteiger charge is -2.32. The number of alkyl halides is 3. The lowest BCUT2D eigenvalue weighted by Crippen LogP contribution is -2.46. The van der Waals surface area contributed by atoms with Gasteiger partial charge < -0.3 is 19.7 Å². The van der Waals surface area contributed by atoms with Crippen molar-refractivity contribution in [2.24, 2.45) is 0 Å². The molecule has 2 fully saturated rings. The van der Waals surface area contributed by atoms with E-state index in [1.54, 1.807) is 23.1 Å². The first-order chi connectivity index (χ1) is 15.2. The van der Waals surface area contributed by atoms with Crippen LogP contribution in [-0.2, 0) is 15.7 Å². The molecule has 0 aliphatic carbocycles. The Kier molecular flexibility index (Phi) is 6.39. The van der Waals surface area contributed by atoms with E-state index in [0.29, 0.717) is 44.8 Å². The third-order valence-electron chi connectivity index (χ3n) is 5.84. The highest BCUT2D eigenvalue weighted by Gasteiger charge is 2.43. The van der Waals surface area contributed by atoms with E-state index >= 15 is 0 Å². The minimum Gasteiger partial charge on any atom is -0.377 e. The van der Waals surface area contributed by atoms with E-state index in [1.165, 1.54) is 6.07 Å². The molecule has 4 rings (SSSR count). The zero-order valence-electron chi connectivity index (χ0n) is 17.8. The SMILES string of the molecule is Cc1ccc(C(=O)NC[C@H]2CC[C@]3(COCCN(c4cccc(C(F)(F)F)n4)C3)O2)cc1. The van der Waals surface area contributed by atoms with Gasteiger partial charge in [-0.05, 0) is 44.0 Å². The number of anilines is 1. The minimum atomic E-state index is -4.50. The number of amides is 1. The van der Waals surface area contributed by atoms with Crippen molar-refractivity contribution >= 4 is 11.7 Å². The second-order valence-electron chi connectivity index (χ2n) is 8.39. The summed E-state index contributed by atoms with van der Waals surface area (Å²) in [6.45, 7) is 3.84. The number of pyridine rings is 1. The summed E-state index contributed by atoms with van der Waals surface area (Å²) < 4.78 is 51.3. The molecule has 32 heavy (non-hydrogen) atoms. The average Bonchev–Trinajstić information content (AvgIpc) is 3.04. The Morgan fingerprint density at radius 1 is 1.25 bits per heavy atom. The molecule has 1 N–H and O–H groups in total. The second kappa shape index (κ2) is 9.07. The fourth-order valence-electron chi connectivity index (χ4n) is 4.13. The van der Waals surface area contributed by atoms with Crippen LogP contribution in [0.3, 0.4) is 0 Å². The van der Waals surface area contributed by atoms with Crippen LogP contribution in [0.2, 0.25) is 0 Å². The van der Waals surface area contributed by atoms with Gasteiger partial charge in [0.2, 0.25) is 0 Å². The summed E-state index contributed by atoms with van der Waals surface area (Å²) in [5.41, 5.74) is 0.100. The van der Waals surface area contributed by atoms with Crippen LogP contribution in [0.25, 0.3) is 0 Å². The van der Waals surface area contributed by atoms with Crippen molar-refractivity contribution < 1.29 is 27.4 Å². The number of ether oxygens (including phenoxy) is 2. The van der Waals surface area contributed by atoms with Crippen LogP contribution >= 0.6 is 0 Å². The first-order valence-corrected chi connectivity index (χ1v) is 10.6. The molecular weight excluding hydrogens is 423 g/mol. The van der Waals surface area contributed by atoms with E-state index in [9.17, 15) is 18.0 Å². The summed E-state index contributed by atoms with van der Waals surface area (Å²) in [5.74, 6) is 0.0888. The van der Waals surface area contributed by atoms with Crippen LogP contribution < -0.4 is 10.2 Å². The van der Waals surface area contributed by atoms with Crippen molar-refractivity contribution in [1.82, 2.24) is 10.3 Å². The molecule has 2 aromatic rings. The van der Waals surface area contributed by atoms with Gasteiger partial charge in [-0.25, -0.2) is 4.98 Å². The van der Waals surface area contributed by atoms with E-state index in [1.807, 2.05) is 19.1 Å². The maximum absolute atomic E-state index is 13.1. The number of aromatic nitrogens is 1. The van der Waals surface area contributed by atoms with Gasteiger partial charge in [-0.1, -0.05) is 23.8 Å². The van der Waals surface area contributed by atoms with Gasteiger partial charge in [-0.15, -0.1) is 0 Å². The molecule has 9 heteroatoms. The van der Waals surface area contributed by atoms with Crippen molar-refractivity contribution in [3.05, 3.63) is 59.3 Å². The lowest BCUT2D eigenvalue weighted by atomic mass is 10.00. The quantitative estimate of drug-likeness (QED) is 0.773. The van der Waals surface area contributed by atoms with E-state index in [4.69, 9.17) is 9.47 Å². The van der Waals surface area contributed by atoms with Crippen molar-refractivity contribution in [3.63, 3.8) is 0 Å². The molecule has 1 spiro atoms. The number of rotatable bonds is 4. The Morgan fingerprint density at radius 2 is 2.03 bits per heavy atom. The molecule has 2 saturated heterocycles. The number of hydrogen-bond acceptors (Lipinski definition) is 5. The molecule has 0 bridgehead atoms. The van der Waals surface area contributed by atoms with E-state index < -0.39 is 17.5 Å². The zero-order valence-corrected chi connectivity index (χ0v) is 17.8. The maximum Gasteiger partial charge on any atom is 0.433 e. The molecule has 1 aromatic carbocycles. The van der Waals surface area contributed by atoms with Gasteiger partial charge in [0.1, 0.15) is 17.1 Å². The number of carbonyl (C=O) groups is 1. The Morgan fingerprint density at radius 3 is 2.78 bits per heavy atom. The predicted octanol–water partition coefficient (Wildman–Crippen LogP) is 3.59. The number of hydrogen-bond donors (Lipinski definition) is 1. The monoisotopic (exact) mass is 449 g/mol. The third kappa shape index (κ3) is 5.21. The largest absolute Gasteiger partial charge is 0.433 e. The summed E-state index contributed by atoms with van der Waals surface area (Å²) in [7, 11) is 0. The van der Waals surface area contributed by atoms with Gasteiger partial charge in [-0.3, -0.25) is 4.79 Å². The van der Waals surface area contributed by atoms with E-state index in [0.717, 1.165) is 18.1 Å². The molecular formula is C23H26F3N3O3. The summed E-state index contributed by atoms with van der Waals surface area (Å²) in [4.78, 5) is 18.0. The standard InChI is InChI=1S/C23H26F3N3O3/c1-16-5-7-17(8-6-16)21(30)27-13-18-9-10-22(32-18)14-29(11-12-31-15-22)20-4-2-3-19(28-20)23(24,25)26/h2-8,18H,9-15H2,1H3,(H,27,30)/t18-,22+/m1/s1. The smallest absolute Gasteiger partial charge is 0.377 e. The Balaban J connectivity index is 1.39. The van der Waals surface area contributed by atoms with Gasteiger partial charge >= 0.3 is 6.18 Å². The molecule has 1 amide bonds. The van der Waals surface area contributed by atoms with Crippen molar-refractivity contribution in [1.29, 1.82) is 0 Å². The molecule has 1 aromatic heterocycles. The number of aryl methyl sites for hydroxylation is 1. The molecule has 2 aliphatic heterocycles. The topological polar surface area (TPSA) is 63.7 Å². The molecule has 3 heterocycles. The number of nitrogens with one attached hydrogen (secondary N) is 1. The van der Waals surface area contributed by atoms with Crippen LogP contribution in [0, 0.1) is 6.92 Å². The second-order valence-corrected chi connectivity index (χ2v) is 8.39. The number of halogens is 3. The van der Waals surface area contributed by atoms with Gasteiger partial charge in [0.15, 0.2) is 0 Å². The molecule has 0 saturated carbocycles. The maximum atomic E-state index is 13.1. The summed E-state index contributed by atoms with van der Waals surface area (Å²) >= 11 is 0. The fraction of sp³-hybridized carbons (Fsp3) is 0.478. The van der Waals surface area contributed by atoms with Crippen LogP contribution in [0.15, 0.2) is 42.5 Å². The predicted molar refractivity (Wildman–Crippen MR) is 113 cm³/mol. The summed E-state index contributed by atoms with van der Waals surface area (Å²) in [6.07, 6.45) is -3.28. The molecule has 6 nitrogen and oxygen atoms in total. The molecule has 0 unspecified atom stereocenters. The van der Waals surface area contributed by atoms with E-state index in [-0.39, 0.29) is 17.8 Å². The fourth-order valence-corrected chi connectivity index (χ4v) is 4.13. The van der Waals surface area contributed by atoms with Gasteiger partial charge in [0.05, 0.1) is 25.9 Å². The first-order valence-electron chi connectivity index (χ1n) is 10.6. The minimum absolute atomic E-state index is 0.165. The average molecular weight is 449 g/mol. The van der Waals surface area contributed by atoms with Gasteiger partial charge in [0.25, 0.3) is 5.91 Å². The highest BCUT2D eigenvalue weighted by molar-refractivity contribution is 5.94. The number of nitrogens with zero attached hydrogens (tertiary/aromatic N) is 2. The Labute approximate surface area is 184 Å². The van der Waals surface area contributed by atoms with E-state index in [2.05, 4.69) is 10.3 Å². The normalized spacial score (nSPS) is 23.9. The first kappa shape index (κ1) is 22.5. The molecule has 2 atom stereocenters. The Bertz CT molecular complexity index is 951. The van der Waals surface area contributed by atoms with Crippen molar-refractivity contribution in [2.45, 2.75) is 37.6 Å².